The predicted octanol–water partition coefficient (Wildman–Crippen LogP) is 1.35. The molecule has 1 aliphatic rings. The lowest BCUT2D eigenvalue weighted by atomic mass is 9.94. The number of likely N-dealkylation sites (tertiary alicyclic amines) is 1. The first-order valence-corrected chi connectivity index (χ1v) is 5.17. The molecule has 1 aromatic carbocycles. The summed E-state index contributed by atoms with van der Waals surface area (Å²) in [5.74, 6) is 0.514. The van der Waals surface area contributed by atoms with E-state index in [-0.39, 0.29) is 0 Å². The fourth-order valence-electron chi connectivity index (χ4n) is 2.20. The second-order valence-electron chi connectivity index (χ2n) is 4.40. The molecule has 0 saturated carbocycles. The van der Waals surface area contributed by atoms with Crippen LogP contribution in [0, 0.1) is 6.92 Å². The van der Waals surface area contributed by atoms with E-state index in [1.165, 1.54) is 11.1 Å². The van der Waals surface area contributed by atoms with Gasteiger partial charge in [-0.3, -0.25) is 0 Å². The Bertz CT molecular complexity index is 305. The molecule has 1 heterocycles. The summed E-state index contributed by atoms with van der Waals surface area (Å²) >= 11 is 0. The molecule has 2 atom stereocenters. The van der Waals surface area contributed by atoms with Gasteiger partial charge in [0.05, 0.1) is 0 Å². The van der Waals surface area contributed by atoms with E-state index < -0.39 is 0 Å². The van der Waals surface area contributed by atoms with Crippen LogP contribution in [0.3, 0.4) is 0 Å². The lowest BCUT2D eigenvalue weighted by molar-refractivity contribution is 0.407. The van der Waals surface area contributed by atoms with E-state index in [0.717, 1.165) is 13.1 Å². The second-order valence-corrected chi connectivity index (χ2v) is 4.40. The van der Waals surface area contributed by atoms with E-state index in [9.17, 15) is 0 Å². The molecule has 0 amide bonds. The smallest absolute Gasteiger partial charge is 0.0249 e. The fraction of sp³-hybridized carbons (Fsp3) is 0.500. The third-order valence-corrected chi connectivity index (χ3v) is 3.05. The van der Waals surface area contributed by atoms with E-state index in [0.29, 0.717) is 12.0 Å². The first kappa shape index (κ1) is 9.69. The number of aryl methyl sites for hydroxylation is 1. The molecule has 76 valence electrons. The van der Waals surface area contributed by atoms with Gasteiger partial charge < -0.3 is 10.6 Å². The average molecular weight is 190 g/mol. The minimum absolute atomic E-state index is 0.294. The molecule has 1 aliphatic heterocycles. The molecular weight excluding hydrogens is 172 g/mol. The molecule has 1 fully saturated rings. The van der Waals surface area contributed by atoms with E-state index in [1.54, 1.807) is 0 Å². The highest BCUT2D eigenvalue weighted by Gasteiger charge is 2.28. The molecule has 0 radical (unpaired) electrons. The van der Waals surface area contributed by atoms with Gasteiger partial charge in [0.1, 0.15) is 0 Å². The molecular formula is C12H18N2. The molecule has 0 aliphatic carbocycles. The fourth-order valence-corrected chi connectivity index (χ4v) is 2.20. The average Bonchev–Trinajstić information content (AvgIpc) is 2.47. The van der Waals surface area contributed by atoms with E-state index in [2.05, 4.69) is 43.1 Å². The molecule has 1 saturated heterocycles. The highest BCUT2D eigenvalue weighted by Crippen LogP contribution is 2.25. The lowest BCUT2D eigenvalue weighted by Gasteiger charge is -2.14. The van der Waals surface area contributed by atoms with E-state index in [1.807, 2.05) is 0 Å². The predicted molar refractivity (Wildman–Crippen MR) is 59.4 cm³/mol. The summed E-state index contributed by atoms with van der Waals surface area (Å²) in [5, 5.41) is 0. The monoisotopic (exact) mass is 190 g/mol. The maximum absolute atomic E-state index is 6.10. The number of benzene rings is 1. The Morgan fingerprint density at radius 3 is 2.36 bits per heavy atom. The first-order chi connectivity index (χ1) is 6.66. The molecule has 2 nitrogen and oxygen atoms in total. The van der Waals surface area contributed by atoms with Crippen molar-refractivity contribution in [1.29, 1.82) is 0 Å². The topological polar surface area (TPSA) is 29.3 Å². The van der Waals surface area contributed by atoms with Crippen molar-refractivity contribution in [2.75, 3.05) is 20.1 Å². The number of hydrogen-bond acceptors (Lipinski definition) is 2. The lowest BCUT2D eigenvalue weighted by Crippen LogP contribution is -2.27. The summed E-state index contributed by atoms with van der Waals surface area (Å²) in [5.41, 5.74) is 8.79. The quantitative estimate of drug-likeness (QED) is 0.724. The zero-order valence-electron chi connectivity index (χ0n) is 8.90. The molecule has 1 aromatic rings. The number of nitrogens with two attached hydrogens (primary N) is 1. The van der Waals surface area contributed by atoms with Crippen LogP contribution in [0.15, 0.2) is 24.3 Å². The number of nitrogens with zero attached hydrogens (tertiary/aromatic N) is 1. The first-order valence-electron chi connectivity index (χ1n) is 5.17. The van der Waals surface area contributed by atoms with Crippen molar-refractivity contribution < 1.29 is 0 Å². The van der Waals surface area contributed by atoms with Gasteiger partial charge in [-0.25, -0.2) is 0 Å². The van der Waals surface area contributed by atoms with E-state index >= 15 is 0 Å². The zero-order chi connectivity index (χ0) is 10.1. The molecule has 2 N–H and O–H groups in total. The SMILES string of the molecule is Cc1ccc([C@@H]2CN(C)C[C@@H]2N)cc1. The van der Waals surface area contributed by atoms with Crippen molar-refractivity contribution in [2.45, 2.75) is 18.9 Å². The van der Waals surface area contributed by atoms with Crippen molar-refractivity contribution in [3.63, 3.8) is 0 Å². The van der Waals surface area contributed by atoms with Gasteiger partial charge in [-0.15, -0.1) is 0 Å². The standard InChI is InChI=1S/C12H18N2/c1-9-3-5-10(6-4-9)11-7-14(2)8-12(11)13/h3-6,11-12H,7-8,13H2,1-2H3/t11-,12-/m0/s1. The van der Waals surface area contributed by atoms with Gasteiger partial charge in [0.2, 0.25) is 0 Å². The zero-order valence-corrected chi connectivity index (χ0v) is 8.90. The van der Waals surface area contributed by atoms with E-state index in [4.69, 9.17) is 5.73 Å². The summed E-state index contributed by atoms with van der Waals surface area (Å²) in [4.78, 5) is 2.30. The molecule has 0 spiro atoms. The highest BCUT2D eigenvalue weighted by atomic mass is 15.1. The molecule has 14 heavy (non-hydrogen) atoms. The van der Waals surface area contributed by atoms with Crippen LogP contribution in [0.5, 0.6) is 0 Å². The molecule has 2 heteroatoms. The minimum Gasteiger partial charge on any atom is -0.326 e. The molecule has 0 aromatic heterocycles. The van der Waals surface area contributed by atoms with Crippen LogP contribution in [0.4, 0.5) is 0 Å². The van der Waals surface area contributed by atoms with Crippen LogP contribution in [0.2, 0.25) is 0 Å². The van der Waals surface area contributed by atoms with Crippen molar-refractivity contribution >= 4 is 0 Å². The van der Waals surface area contributed by atoms with Gasteiger partial charge in [0.15, 0.2) is 0 Å². The molecule has 2 rings (SSSR count). The minimum atomic E-state index is 0.294. The van der Waals surface area contributed by atoms with Gasteiger partial charge in [0.25, 0.3) is 0 Å². The van der Waals surface area contributed by atoms with Crippen LogP contribution >= 0.6 is 0 Å². The van der Waals surface area contributed by atoms with Gasteiger partial charge in [-0.1, -0.05) is 29.8 Å². The van der Waals surface area contributed by atoms with Gasteiger partial charge >= 0.3 is 0 Å². The third kappa shape index (κ3) is 1.81. The molecule has 0 bridgehead atoms. The largest absolute Gasteiger partial charge is 0.326 e. The van der Waals surface area contributed by atoms with Crippen LogP contribution < -0.4 is 5.73 Å². The van der Waals surface area contributed by atoms with Crippen molar-refractivity contribution in [1.82, 2.24) is 4.90 Å². The second kappa shape index (κ2) is 3.71. The van der Waals surface area contributed by atoms with Crippen molar-refractivity contribution in [2.24, 2.45) is 5.73 Å². The molecule has 0 unspecified atom stereocenters. The maximum Gasteiger partial charge on any atom is 0.0249 e. The third-order valence-electron chi connectivity index (χ3n) is 3.05. The maximum atomic E-state index is 6.10. The van der Waals surface area contributed by atoms with Gasteiger partial charge in [-0.05, 0) is 19.5 Å². The Hall–Kier alpha value is -0.860. The highest BCUT2D eigenvalue weighted by molar-refractivity contribution is 5.27. The number of rotatable bonds is 1. The van der Waals surface area contributed by atoms with Gasteiger partial charge in [0, 0.05) is 25.0 Å². The summed E-state index contributed by atoms with van der Waals surface area (Å²) in [6.07, 6.45) is 0. The Labute approximate surface area is 85.7 Å². The van der Waals surface area contributed by atoms with Crippen LogP contribution in [0.25, 0.3) is 0 Å². The Morgan fingerprint density at radius 2 is 1.86 bits per heavy atom. The van der Waals surface area contributed by atoms with Gasteiger partial charge in [-0.2, -0.15) is 0 Å². The Balaban J connectivity index is 2.19. The van der Waals surface area contributed by atoms with Crippen LogP contribution in [0.1, 0.15) is 17.0 Å². The Morgan fingerprint density at radius 1 is 1.21 bits per heavy atom. The van der Waals surface area contributed by atoms with Crippen molar-refractivity contribution in [3.05, 3.63) is 35.4 Å². The summed E-state index contributed by atoms with van der Waals surface area (Å²) in [6.45, 7) is 4.22. The number of likely N-dealkylation sites (N-methyl/N-ethyl adjacent to an activating group) is 1. The van der Waals surface area contributed by atoms with Crippen LogP contribution in [-0.2, 0) is 0 Å². The Kier molecular flexibility index (Phi) is 2.57. The number of hydrogen-bond donors (Lipinski definition) is 1. The summed E-state index contributed by atoms with van der Waals surface area (Å²) < 4.78 is 0. The summed E-state index contributed by atoms with van der Waals surface area (Å²) in [6, 6.07) is 9.04. The summed E-state index contributed by atoms with van der Waals surface area (Å²) in [7, 11) is 2.13. The van der Waals surface area contributed by atoms with Crippen LogP contribution in [-0.4, -0.2) is 31.1 Å². The normalized spacial score (nSPS) is 28.2. The van der Waals surface area contributed by atoms with Crippen molar-refractivity contribution in [3.8, 4) is 0 Å².